The van der Waals surface area contributed by atoms with Gasteiger partial charge in [-0.1, -0.05) is 18.2 Å². The molecule has 0 aliphatic carbocycles. The molecule has 1 heterocycles. The van der Waals surface area contributed by atoms with Crippen molar-refractivity contribution in [2.75, 3.05) is 38.1 Å². The van der Waals surface area contributed by atoms with Crippen LogP contribution in [0.3, 0.4) is 0 Å². The van der Waals surface area contributed by atoms with E-state index < -0.39 is 0 Å². The summed E-state index contributed by atoms with van der Waals surface area (Å²) in [6, 6.07) is 12.2. The van der Waals surface area contributed by atoms with E-state index in [1.54, 1.807) is 33.5 Å². The van der Waals surface area contributed by atoms with Gasteiger partial charge >= 0.3 is 0 Å². The van der Waals surface area contributed by atoms with Gasteiger partial charge < -0.3 is 24.4 Å². The van der Waals surface area contributed by atoms with Crippen LogP contribution in [-0.2, 0) is 11.2 Å². The minimum atomic E-state index is -0.0548. The van der Waals surface area contributed by atoms with Crippen LogP contribution in [0.25, 0.3) is 0 Å². The van der Waals surface area contributed by atoms with E-state index in [0.717, 1.165) is 6.42 Å². The molecule has 144 valence electrons. The topological polar surface area (TPSA) is 60.0 Å². The summed E-state index contributed by atoms with van der Waals surface area (Å²) in [4.78, 5) is 14.8. The number of hydrogen-bond donors (Lipinski definition) is 1. The van der Waals surface area contributed by atoms with Crippen molar-refractivity contribution in [1.29, 1.82) is 0 Å². The minimum Gasteiger partial charge on any atom is -0.493 e. The number of methoxy groups -OCH3 is 3. The van der Waals surface area contributed by atoms with Crippen LogP contribution in [0.1, 0.15) is 18.9 Å². The van der Waals surface area contributed by atoms with E-state index in [-0.39, 0.29) is 5.91 Å². The Bertz CT molecular complexity index is 797. The highest BCUT2D eigenvalue weighted by atomic mass is 16.5. The van der Waals surface area contributed by atoms with Gasteiger partial charge in [0.1, 0.15) is 0 Å². The number of hydrogen-bond acceptors (Lipinski definition) is 5. The molecule has 1 N–H and O–H groups in total. The van der Waals surface area contributed by atoms with Gasteiger partial charge in [-0.25, -0.2) is 0 Å². The number of para-hydroxylation sites is 1. The van der Waals surface area contributed by atoms with Crippen molar-refractivity contribution in [2.45, 2.75) is 25.8 Å². The van der Waals surface area contributed by atoms with Crippen molar-refractivity contribution >= 4 is 17.3 Å². The van der Waals surface area contributed by atoms with Gasteiger partial charge in [-0.3, -0.25) is 4.79 Å². The predicted octanol–water partition coefficient (Wildman–Crippen LogP) is 3.49. The highest BCUT2D eigenvalue weighted by molar-refractivity contribution is 5.92. The Balaban J connectivity index is 1.66. The summed E-state index contributed by atoms with van der Waals surface area (Å²) in [5.74, 6) is 1.46. The van der Waals surface area contributed by atoms with E-state index >= 15 is 0 Å². The van der Waals surface area contributed by atoms with Crippen molar-refractivity contribution in [2.24, 2.45) is 0 Å². The lowest BCUT2D eigenvalue weighted by molar-refractivity contribution is -0.116. The largest absolute Gasteiger partial charge is 0.493 e. The van der Waals surface area contributed by atoms with Crippen LogP contribution in [0.4, 0.5) is 11.4 Å². The second-order valence-electron chi connectivity index (χ2n) is 6.59. The molecule has 0 radical (unpaired) electrons. The fraction of sp³-hybridized carbons (Fsp3) is 0.381. The number of carbonyl (C=O) groups excluding carboxylic acids is 1. The first-order chi connectivity index (χ1) is 13.1. The number of nitrogens with one attached hydrogen (secondary N) is 1. The van der Waals surface area contributed by atoms with Gasteiger partial charge in [-0.2, -0.15) is 0 Å². The molecule has 3 rings (SSSR count). The zero-order valence-corrected chi connectivity index (χ0v) is 16.2. The Morgan fingerprint density at radius 2 is 1.78 bits per heavy atom. The summed E-state index contributed by atoms with van der Waals surface area (Å²) < 4.78 is 16.0. The number of amides is 1. The van der Waals surface area contributed by atoms with Gasteiger partial charge in [0.25, 0.3) is 0 Å². The molecule has 1 aliphatic heterocycles. The molecule has 1 unspecified atom stereocenters. The Morgan fingerprint density at radius 3 is 2.41 bits per heavy atom. The zero-order chi connectivity index (χ0) is 19.4. The second kappa shape index (κ2) is 8.20. The summed E-state index contributed by atoms with van der Waals surface area (Å²) in [6.45, 7) is 2.87. The molecule has 0 fully saturated rings. The molecular weight excluding hydrogens is 344 g/mol. The number of rotatable bonds is 7. The quantitative estimate of drug-likeness (QED) is 0.808. The highest BCUT2D eigenvalue weighted by Gasteiger charge is 2.25. The summed E-state index contributed by atoms with van der Waals surface area (Å²) in [7, 11) is 4.65. The molecule has 27 heavy (non-hydrogen) atoms. The van der Waals surface area contributed by atoms with Gasteiger partial charge in [0.15, 0.2) is 11.5 Å². The maximum Gasteiger partial charge on any atom is 0.226 e. The van der Waals surface area contributed by atoms with Crippen LogP contribution >= 0.6 is 0 Å². The molecule has 2 aromatic carbocycles. The third-order valence-electron chi connectivity index (χ3n) is 4.88. The number of nitrogens with zero attached hydrogens (tertiary/aromatic N) is 1. The molecule has 2 aromatic rings. The third kappa shape index (κ3) is 3.94. The first-order valence-corrected chi connectivity index (χ1v) is 9.01. The Kier molecular flexibility index (Phi) is 5.74. The van der Waals surface area contributed by atoms with E-state index in [1.807, 2.05) is 6.07 Å². The standard InChI is InChI=1S/C21H26N2O4/c1-14-11-15-7-5-6-8-17(15)23(14)10-9-20(24)22-16-12-18(25-2)21(27-4)19(13-16)26-3/h5-8,12-14H,9-11H2,1-4H3,(H,22,24). The van der Waals surface area contributed by atoms with E-state index in [9.17, 15) is 4.79 Å². The summed E-state index contributed by atoms with van der Waals surface area (Å²) in [6.07, 6.45) is 1.42. The summed E-state index contributed by atoms with van der Waals surface area (Å²) in [5, 5.41) is 2.92. The minimum absolute atomic E-state index is 0.0548. The second-order valence-corrected chi connectivity index (χ2v) is 6.59. The van der Waals surface area contributed by atoms with Crippen molar-refractivity contribution in [3.05, 3.63) is 42.0 Å². The monoisotopic (exact) mass is 370 g/mol. The lowest BCUT2D eigenvalue weighted by Gasteiger charge is -2.24. The van der Waals surface area contributed by atoms with Gasteiger partial charge in [0.2, 0.25) is 11.7 Å². The molecule has 0 saturated carbocycles. The first-order valence-electron chi connectivity index (χ1n) is 9.01. The average Bonchev–Trinajstić information content (AvgIpc) is 3.00. The fourth-order valence-electron chi connectivity index (χ4n) is 3.57. The molecule has 1 atom stereocenters. The lowest BCUT2D eigenvalue weighted by Crippen LogP contribution is -2.32. The molecule has 1 aliphatic rings. The number of fused-ring (bicyclic) bond motifs is 1. The van der Waals surface area contributed by atoms with E-state index in [1.165, 1.54) is 11.3 Å². The smallest absolute Gasteiger partial charge is 0.226 e. The molecule has 1 amide bonds. The fourth-order valence-corrected chi connectivity index (χ4v) is 3.57. The average molecular weight is 370 g/mol. The van der Waals surface area contributed by atoms with Crippen LogP contribution in [-0.4, -0.2) is 39.8 Å². The van der Waals surface area contributed by atoms with E-state index in [0.29, 0.717) is 41.9 Å². The predicted molar refractivity (Wildman–Crippen MR) is 106 cm³/mol. The van der Waals surface area contributed by atoms with Gasteiger partial charge in [-0.05, 0) is 25.0 Å². The van der Waals surface area contributed by atoms with Crippen LogP contribution in [0.15, 0.2) is 36.4 Å². The molecule has 6 nitrogen and oxygen atoms in total. The number of carbonyl (C=O) groups is 1. The molecule has 0 spiro atoms. The number of anilines is 2. The summed E-state index contributed by atoms with van der Waals surface area (Å²) in [5.41, 5.74) is 3.19. The Morgan fingerprint density at radius 1 is 1.11 bits per heavy atom. The maximum atomic E-state index is 12.5. The lowest BCUT2D eigenvalue weighted by atomic mass is 10.1. The normalized spacial score (nSPS) is 15.3. The first kappa shape index (κ1) is 18.9. The van der Waals surface area contributed by atoms with Crippen molar-refractivity contribution in [3.63, 3.8) is 0 Å². The molecular formula is C21H26N2O4. The SMILES string of the molecule is COc1cc(NC(=O)CCN2c3ccccc3CC2C)cc(OC)c1OC. The van der Waals surface area contributed by atoms with Crippen molar-refractivity contribution < 1.29 is 19.0 Å². The Labute approximate surface area is 160 Å². The van der Waals surface area contributed by atoms with Crippen LogP contribution in [0.5, 0.6) is 17.2 Å². The van der Waals surface area contributed by atoms with Gasteiger partial charge in [0.05, 0.1) is 21.3 Å². The van der Waals surface area contributed by atoms with E-state index in [4.69, 9.17) is 14.2 Å². The van der Waals surface area contributed by atoms with Gasteiger partial charge in [-0.15, -0.1) is 0 Å². The van der Waals surface area contributed by atoms with Crippen LogP contribution in [0, 0.1) is 0 Å². The van der Waals surface area contributed by atoms with Crippen molar-refractivity contribution in [1.82, 2.24) is 0 Å². The van der Waals surface area contributed by atoms with Crippen LogP contribution < -0.4 is 24.4 Å². The van der Waals surface area contributed by atoms with Crippen LogP contribution in [0.2, 0.25) is 0 Å². The molecule has 6 heteroatoms. The maximum absolute atomic E-state index is 12.5. The number of benzene rings is 2. The van der Waals surface area contributed by atoms with Crippen molar-refractivity contribution in [3.8, 4) is 17.2 Å². The third-order valence-corrected chi connectivity index (χ3v) is 4.88. The molecule has 0 bridgehead atoms. The Hall–Kier alpha value is -2.89. The highest BCUT2D eigenvalue weighted by Crippen LogP contribution is 2.40. The molecule has 0 saturated heterocycles. The zero-order valence-electron chi connectivity index (χ0n) is 16.2. The molecule has 0 aromatic heterocycles. The van der Waals surface area contributed by atoms with E-state index in [2.05, 4.69) is 35.3 Å². The number of ether oxygens (including phenoxy) is 3. The van der Waals surface area contributed by atoms with Gasteiger partial charge in [0, 0.05) is 42.5 Å². The summed E-state index contributed by atoms with van der Waals surface area (Å²) >= 11 is 0.